The van der Waals surface area contributed by atoms with Gasteiger partial charge in [0.1, 0.15) is 6.54 Å². The topological polar surface area (TPSA) is 75.2 Å². The molecule has 1 saturated heterocycles. The highest BCUT2D eigenvalue weighted by atomic mass is 35.5. The van der Waals surface area contributed by atoms with Crippen molar-refractivity contribution in [3.63, 3.8) is 0 Å². The second-order valence-electron chi connectivity index (χ2n) is 6.99. The summed E-state index contributed by atoms with van der Waals surface area (Å²) in [6, 6.07) is 15.5. The first-order chi connectivity index (χ1) is 14.6. The van der Waals surface area contributed by atoms with E-state index in [1.54, 1.807) is 16.7 Å². The van der Waals surface area contributed by atoms with Crippen LogP contribution in [-0.2, 0) is 22.6 Å². The molecule has 1 aliphatic rings. The van der Waals surface area contributed by atoms with Gasteiger partial charge in [0.15, 0.2) is 10.6 Å². The molecule has 1 amide bonds. The summed E-state index contributed by atoms with van der Waals surface area (Å²) in [5.74, 6) is 0.460. The van der Waals surface area contributed by atoms with Gasteiger partial charge < -0.3 is 15.0 Å². The number of carbonyl (C=O) groups excluding carboxylic acids is 1. The molecule has 0 radical (unpaired) electrons. The minimum absolute atomic E-state index is 0.0825. The third-order valence-electron chi connectivity index (χ3n) is 4.96. The Hall–Kier alpha value is -2.68. The van der Waals surface area contributed by atoms with Crippen molar-refractivity contribution in [1.29, 1.82) is 0 Å². The first kappa shape index (κ1) is 20.6. The largest absolute Gasteiger partial charge is 0.378 e. The average molecular weight is 444 g/mol. The molecule has 2 heterocycles. The maximum atomic E-state index is 12.5. The molecule has 9 heteroatoms. The van der Waals surface area contributed by atoms with Gasteiger partial charge in [0.2, 0.25) is 5.91 Å². The molecular weight excluding hydrogens is 422 g/mol. The van der Waals surface area contributed by atoms with Gasteiger partial charge in [0, 0.05) is 35.9 Å². The van der Waals surface area contributed by atoms with E-state index in [0.29, 0.717) is 22.2 Å². The summed E-state index contributed by atoms with van der Waals surface area (Å²) in [7, 11) is 0. The summed E-state index contributed by atoms with van der Waals surface area (Å²) in [6.45, 7) is 3.84. The van der Waals surface area contributed by atoms with Crippen molar-refractivity contribution in [3.8, 4) is 11.4 Å². The average Bonchev–Trinajstić information content (AvgIpc) is 3.14. The number of nitrogens with one attached hydrogen (secondary N) is 2. The number of carbonyl (C=O) groups is 1. The Morgan fingerprint density at radius 2 is 1.83 bits per heavy atom. The molecule has 156 valence electrons. The lowest BCUT2D eigenvalue weighted by Gasteiger charge is -2.28. The van der Waals surface area contributed by atoms with Crippen molar-refractivity contribution in [2.75, 3.05) is 31.2 Å². The number of hydrogen-bond donors (Lipinski definition) is 2. The number of aromatic nitrogens is 3. The molecule has 0 bridgehead atoms. The summed E-state index contributed by atoms with van der Waals surface area (Å²) >= 11 is 11.3. The van der Waals surface area contributed by atoms with Gasteiger partial charge in [-0.1, -0.05) is 23.7 Å². The molecule has 0 unspecified atom stereocenters. The zero-order valence-electron chi connectivity index (χ0n) is 16.3. The molecule has 1 aliphatic heterocycles. The van der Waals surface area contributed by atoms with Gasteiger partial charge in [-0.25, -0.2) is 0 Å². The van der Waals surface area contributed by atoms with E-state index in [2.05, 4.69) is 32.5 Å². The number of aromatic amines is 1. The molecule has 0 spiro atoms. The highest BCUT2D eigenvalue weighted by Gasteiger charge is 2.13. The number of amides is 1. The number of rotatable bonds is 6. The Kier molecular flexibility index (Phi) is 6.47. The molecule has 1 aromatic heterocycles. The molecule has 0 atom stereocenters. The van der Waals surface area contributed by atoms with Crippen molar-refractivity contribution in [2.24, 2.45) is 0 Å². The molecule has 0 aliphatic carbocycles. The van der Waals surface area contributed by atoms with Crippen LogP contribution < -0.4 is 10.2 Å². The third-order valence-corrected chi connectivity index (χ3v) is 5.53. The molecule has 4 rings (SSSR count). The minimum atomic E-state index is -0.139. The number of halogens is 1. The Bertz CT molecular complexity index is 1060. The van der Waals surface area contributed by atoms with Gasteiger partial charge in [0.05, 0.1) is 13.2 Å². The summed E-state index contributed by atoms with van der Waals surface area (Å²) in [6.07, 6.45) is 0. The number of H-pyrrole nitrogens is 1. The monoisotopic (exact) mass is 443 g/mol. The van der Waals surface area contributed by atoms with Crippen LogP contribution in [0.4, 0.5) is 5.69 Å². The van der Waals surface area contributed by atoms with E-state index >= 15 is 0 Å². The number of anilines is 1. The van der Waals surface area contributed by atoms with E-state index in [1.165, 1.54) is 5.69 Å². The van der Waals surface area contributed by atoms with Crippen LogP contribution in [0.1, 0.15) is 5.56 Å². The number of hydrogen-bond acceptors (Lipinski definition) is 5. The zero-order chi connectivity index (χ0) is 20.9. The lowest BCUT2D eigenvalue weighted by atomic mass is 10.2. The van der Waals surface area contributed by atoms with E-state index < -0.39 is 0 Å². The van der Waals surface area contributed by atoms with E-state index in [4.69, 9.17) is 28.6 Å². The molecule has 2 aromatic carbocycles. The van der Waals surface area contributed by atoms with Gasteiger partial charge in [-0.15, -0.1) is 0 Å². The number of benzene rings is 2. The van der Waals surface area contributed by atoms with Crippen LogP contribution in [0, 0.1) is 4.77 Å². The smallest absolute Gasteiger partial charge is 0.240 e. The standard InChI is InChI=1S/C21H22ClN5O2S/c22-17-5-3-16(4-6-17)20-24-25-21(30)27(20)14-19(28)23-13-15-1-7-18(8-2-15)26-9-11-29-12-10-26/h1-8H,9-14H2,(H,23,28)(H,25,30). The van der Waals surface area contributed by atoms with Gasteiger partial charge in [-0.2, -0.15) is 5.10 Å². The molecule has 7 nitrogen and oxygen atoms in total. The second-order valence-corrected chi connectivity index (χ2v) is 7.81. The predicted octanol–water partition coefficient (Wildman–Crippen LogP) is 3.41. The normalized spacial score (nSPS) is 14.0. The van der Waals surface area contributed by atoms with Crippen LogP contribution in [0.5, 0.6) is 0 Å². The summed E-state index contributed by atoms with van der Waals surface area (Å²) < 4.78 is 7.46. The van der Waals surface area contributed by atoms with Crippen molar-refractivity contribution in [1.82, 2.24) is 20.1 Å². The Morgan fingerprint density at radius 3 is 2.53 bits per heavy atom. The van der Waals surface area contributed by atoms with Crippen molar-refractivity contribution >= 4 is 35.4 Å². The van der Waals surface area contributed by atoms with Gasteiger partial charge in [-0.3, -0.25) is 14.5 Å². The molecule has 2 N–H and O–H groups in total. The number of morpholine rings is 1. The first-order valence-electron chi connectivity index (χ1n) is 9.69. The van der Waals surface area contributed by atoms with E-state index in [9.17, 15) is 4.79 Å². The highest BCUT2D eigenvalue weighted by Crippen LogP contribution is 2.20. The van der Waals surface area contributed by atoms with Gasteiger partial charge in [-0.05, 0) is 54.2 Å². The van der Waals surface area contributed by atoms with Crippen molar-refractivity contribution < 1.29 is 9.53 Å². The van der Waals surface area contributed by atoms with Crippen LogP contribution >= 0.6 is 23.8 Å². The number of ether oxygens (including phenoxy) is 1. The third kappa shape index (κ3) is 4.89. The van der Waals surface area contributed by atoms with E-state index in [-0.39, 0.29) is 12.5 Å². The number of nitrogens with zero attached hydrogens (tertiary/aromatic N) is 3. The predicted molar refractivity (Wildman–Crippen MR) is 119 cm³/mol. The quantitative estimate of drug-likeness (QED) is 0.571. The fourth-order valence-electron chi connectivity index (χ4n) is 3.33. The Balaban J connectivity index is 1.37. The first-order valence-corrected chi connectivity index (χ1v) is 10.5. The van der Waals surface area contributed by atoms with Crippen LogP contribution in [-0.4, -0.2) is 47.0 Å². The Morgan fingerprint density at radius 1 is 1.13 bits per heavy atom. The summed E-state index contributed by atoms with van der Waals surface area (Å²) in [5, 5.41) is 10.6. The fourth-order valence-corrected chi connectivity index (χ4v) is 3.65. The maximum Gasteiger partial charge on any atom is 0.240 e. The molecule has 1 fully saturated rings. The Labute approximate surface area is 184 Å². The summed E-state index contributed by atoms with van der Waals surface area (Å²) in [4.78, 5) is 14.8. The van der Waals surface area contributed by atoms with Crippen LogP contribution in [0.25, 0.3) is 11.4 Å². The minimum Gasteiger partial charge on any atom is -0.378 e. The van der Waals surface area contributed by atoms with Gasteiger partial charge >= 0.3 is 0 Å². The maximum absolute atomic E-state index is 12.5. The van der Waals surface area contributed by atoms with Crippen LogP contribution in [0.2, 0.25) is 5.02 Å². The second kappa shape index (κ2) is 9.42. The molecule has 0 saturated carbocycles. The van der Waals surface area contributed by atoms with Crippen LogP contribution in [0.3, 0.4) is 0 Å². The molecular formula is C21H22ClN5O2S. The van der Waals surface area contributed by atoms with Gasteiger partial charge in [0.25, 0.3) is 0 Å². The van der Waals surface area contributed by atoms with Crippen molar-refractivity contribution in [3.05, 3.63) is 63.9 Å². The molecule has 30 heavy (non-hydrogen) atoms. The van der Waals surface area contributed by atoms with Crippen LogP contribution in [0.15, 0.2) is 48.5 Å². The molecule has 3 aromatic rings. The lowest BCUT2D eigenvalue weighted by molar-refractivity contribution is -0.121. The lowest BCUT2D eigenvalue weighted by Crippen LogP contribution is -2.36. The van der Waals surface area contributed by atoms with Crippen molar-refractivity contribution in [2.45, 2.75) is 13.1 Å². The zero-order valence-corrected chi connectivity index (χ0v) is 17.9. The van der Waals surface area contributed by atoms with E-state index in [1.807, 2.05) is 24.3 Å². The highest BCUT2D eigenvalue weighted by molar-refractivity contribution is 7.71. The SMILES string of the molecule is O=C(Cn1c(-c2ccc(Cl)cc2)n[nH]c1=S)NCc1ccc(N2CCOCC2)cc1. The van der Waals surface area contributed by atoms with E-state index in [0.717, 1.165) is 37.4 Å². The fraction of sp³-hybridized carbons (Fsp3) is 0.286. The summed E-state index contributed by atoms with van der Waals surface area (Å²) in [5.41, 5.74) is 3.04.